The third-order valence-corrected chi connectivity index (χ3v) is 2.60. The van der Waals surface area contributed by atoms with Gasteiger partial charge >= 0.3 is 0 Å². The van der Waals surface area contributed by atoms with E-state index in [0.29, 0.717) is 11.1 Å². The molecule has 1 aromatic rings. The molecular weight excluding hydrogens is 204 g/mol. The van der Waals surface area contributed by atoms with Crippen molar-refractivity contribution >= 4 is 11.8 Å². The van der Waals surface area contributed by atoms with E-state index in [9.17, 15) is 9.59 Å². The quantitative estimate of drug-likeness (QED) is 0.751. The van der Waals surface area contributed by atoms with Crippen molar-refractivity contribution < 1.29 is 9.59 Å². The second-order valence-electron chi connectivity index (χ2n) is 4.25. The lowest BCUT2D eigenvalue weighted by atomic mass is 10.1. The number of benzene rings is 1. The van der Waals surface area contributed by atoms with E-state index in [1.165, 1.54) is 4.90 Å². The lowest BCUT2D eigenvalue weighted by Crippen LogP contribution is -2.39. The fourth-order valence-electron chi connectivity index (χ4n) is 1.86. The second kappa shape index (κ2) is 3.72. The van der Waals surface area contributed by atoms with Crippen LogP contribution in [0.4, 0.5) is 0 Å². The zero-order valence-corrected chi connectivity index (χ0v) is 9.36. The van der Waals surface area contributed by atoms with Crippen LogP contribution >= 0.6 is 0 Å². The summed E-state index contributed by atoms with van der Waals surface area (Å²) in [4.78, 5) is 25.1. The van der Waals surface area contributed by atoms with Gasteiger partial charge < -0.3 is 5.73 Å². The molecule has 0 aromatic heterocycles. The monoisotopic (exact) mass is 218 g/mol. The molecule has 0 saturated carbocycles. The summed E-state index contributed by atoms with van der Waals surface area (Å²) in [5.41, 5.74) is 7.56. The minimum absolute atomic E-state index is 0.205. The summed E-state index contributed by atoms with van der Waals surface area (Å²) in [6.07, 6.45) is 0. The standard InChI is InChI=1S/C12H14N2O2/c1-7-3-4-9-10(5-7)12(16)14(11(9)15)6-8(2)13/h3-5,8H,6,13H2,1-2H3. The molecule has 16 heavy (non-hydrogen) atoms. The van der Waals surface area contributed by atoms with E-state index in [1.54, 1.807) is 19.1 Å². The Labute approximate surface area is 94.0 Å². The highest BCUT2D eigenvalue weighted by molar-refractivity contribution is 6.21. The number of fused-ring (bicyclic) bond motifs is 1. The molecule has 1 aromatic carbocycles. The summed E-state index contributed by atoms with van der Waals surface area (Å²) < 4.78 is 0. The Bertz CT molecular complexity index is 466. The number of hydrogen-bond acceptors (Lipinski definition) is 3. The van der Waals surface area contributed by atoms with Crippen LogP contribution in [0.25, 0.3) is 0 Å². The van der Waals surface area contributed by atoms with Crippen LogP contribution in [-0.2, 0) is 0 Å². The van der Waals surface area contributed by atoms with Crippen LogP contribution in [0.2, 0.25) is 0 Å². The first-order valence-corrected chi connectivity index (χ1v) is 5.23. The molecule has 1 aliphatic rings. The highest BCUT2D eigenvalue weighted by atomic mass is 16.2. The fourth-order valence-corrected chi connectivity index (χ4v) is 1.86. The van der Waals surface area contributed by atoms with Crippen molar-refractivity contribution in [1.29, 1.82) is 0 Å². The molecule has 1 unspecified atom stereocenters. The minimum Gasteiger partial charge on any atom is -0.326 e. The number of nitrogens with zero attached hydrogens (tertiary/aromatic N) is 1. The number of nitrogens with two attached hydrogens (primary N) is 1. The molecule has 0 radical (unpaired) electrons. The van der Waals surface area contributed by atoms with Crippen molar-refractivity contribution in [3.8, 4) is 0 Å². The molecular formula is C12H14N2O2. The molecule has 2 N–H and O–H groups in total. The van der Waals surface area contributed by atoms with Crippen molar-refractivity contribution in [3.63, 3.8) is 0 Å². The van der Waals surface area contributed by atoms with Crippen molar-refractivity contribution in [2.75, 3.05) is 6.54 Å². The first-order chi connectivity index (χ1) is 7.50. The largest absolute Gasteiger partial charge is 0.326 e. The van der Waals surface area contributed by atoms with Gasteiger partial charge in [-0.15, -0.1) is 0 Å². The predicted molar refractivity (Wildman–Crippen MR) is 60.2 cm³/mol. The van der Waals surface area contributed by atoms with Gasteiger partial charge in [-0.1, -0.05) is 11.6 Å². The Morgan fingerprint density at radius 3 is 2.50 bits per heavy atom. The maximum absolute atomic E-state index is 11.9. The summed E-state index contributed by atoms with van der Waals surface area (Å²) in [5, 5.41) is 0. The van der Waals surface area contributed by atoms with Gasteiger partial charge in [0, 0.05) is 12.6 Å². The van der Waals surface area contributed by atoms with Gasteiger partial charge in [-0.2, -0.15) is 0 Å². The van der Waals surface area contributed by atoms with E-state index in [4.69, 9.17) is 5.73 Å². The first kappa shape index (κ1) is 10.8. The van der Waals surface area contributed by atoms with Crippen LogP contribution in [0.5, 0.6) is 0 Å². The lowest BCUT2D eigenvalue weighted by Gasteiger charge is -2.15. The Hall–Kier alpha value is -1.68. The highest BCUT2D eigenvalue weighted by Crippen LogP contribution is 2.23. The topological polar surface area (TPSA) is 63.4 Å². The summed E-state index contributed by atoms with van der Waals surface area (Å²) in [6, 6.07) is 5.07. The van der Waals surface area contributed by atoms with Crippen molar-refractivity contribution in [2.24, 2.45) is 5.73 Å². The predicted octanol–water partition coefficient (Wildman–Crippen LogP) is 0.938. The molecule has 4 nitrogen and oxygen atoms in total. The molecule has 2 rings (SSSR count). The van der Waals surface area contributed by atoms with Gasteiger partial charge in [0.1, 0.15) is 0 Å². The normalized spacial score (nSPS) is 16.6. The average molecular weight is 218 g/mol. The zero-order valence-electron chi connectivity index (χ0n) is 9.36. The molecule has 0 aliphatic carbocycles. The first-order valence-electron chi connectivity index (χ1n) is 5.23. The molecule has 0 bridgehead atoms. The smallest absolute Gasteiger partial charge is 0.261 e. The summed E-state index contributed by atoms with van der Waals surface area (Å²) in [7, 11) is 0. The third-order valence-electron chi connectivity index (χ3n) is 2.60. The molecule has 84 valence electrons. The number of imide groups is 1. The van der Waals surface area contributed by atoms with E-state index in [2.05, 4.69) is 0 Å². The van der Waals surface area contributed by atoms with E-state index in [-0.39, 0.29) is 24.4 Å². The van der Waals surface area contributed by atoms with Gasteiger partial charge in [0.25, 0.3) is 11.8 Å². The number of amides is 2. The molecule has 0 fully saturated rings. The summed E-state index contributed by atoms with van der Waals surface area (Å²) in [5.74, 6) is -0.474. The van der Waals surface area contributed by atoms with Gasteiger partial charge in [-0.3, -0.25) is 14.5 Å². The maximum Gasteiger partial charge on any atom is 0.261 e. The van der Waals surface area contributed by atoms with Gasteiger partial charge in [-0.25, -0.2) is 0 Å². The molecule has 1 atom stereocenters. The van der Waals surface area contributed by atoms with Crippen LogP contribution in [0.15, 0.2) is 18.2 Å². The number of carbonyl (C=O) groups excluding carboxylic acids is 2. The fraction of sp³-hybridized carbons (Fsp3) is 0.333. The number of hydrogen-bond donors (Lipinski definition) is 1. The Morgan fingerprint density at radius 1 is 1.25 bits per heavy atom. The van der Waals surface area contributed by atoms with Crippen LogP contribution < -0.4 is 5.73 Å². The van der Waals surface area contributed by atoms with Crippen LogP contribution in [0.3, 0.4) is 0 Å². The zero-order chi connectivity index (χ0) is 11.9. The number of rotatable bonds is 2. The average Bonchev–Trinajstić information content (AvgIpc) is 2.43. The SMILES string of the molecule is Cc1ccc2c(c1)C(=O)N(CC(C)N)C2=O. The number of aryl methyl sites for hydroxylation is 1. The van der Waals surface area contributed by atoms with Crippen molar-refractivity contribution in [2.45, 2.75) is 19.9 Å². The minimum atomic E-state index is -0.239. The second-order valence-corrected chi connectivity index (χ2v) is 4.25. The van der Waals surface area contributed by atoms with Crippen molar-refractivity contribution in [3.05, 3.63) is 34.9 Å². The van der Waals surface area contributed by atoms with Crippen LogP contribution in [0, 0.1) is 6.92 Å². The molecule has 1 heterocycles. The van der Waals surface area contributed by atoms with E-state index < -0.39 is 0 Å². The van der Waals surface area contributed by atoms with Gasteiger partial charge in [0.15, 0.2) is 0 Å². The van der Waals surface area contributed by atoms with E-state index in [0.717, 1.165) is 5.56 Å². The third kappa shape index (κ3) is 1.61. The maximum atomic E-state index is 11.9. The highest BCUT2D eigenvalue weighted by Gasteiger charge is 2.35. The molecule has 1 aliphatic heterocycles. The van der Waals surface area contributed by atoms with Gasteiger partial charge in [0.2, 0.25) is 0 Å². The molecule has 2 amide bonds. The van der Waals surface area contributed by atoms with E-state index >= 15 is 0 Å². The molecule has 4 heteroatoms. The van der Waals surface area contributed by atoms with Gasteiger partial charge in [0.05, 0.1) is 11.1 Å². The van der Waals surface area contributed by atoms with Crippen LogP contribution in [0.1, 0.15) is 33.2 Å². The molecule has 0 spiro atoms. The molecule has 0 saturated heterocycles. The van der Waals surface area contributed by atoms with E-state index in [1.807, 2.05) is 13.0 Å². The Kier molecular flexibility index (Phi) is 2.52. The summed E-state index contributed by atoms with van der Waals surface area (Å²) in [6.45, 7) is 3.94. The Balaban J connectivity index is 2.40. The van der Waals surface area contributed by atoms with Gasteiger partial charge in [-0.05, 0) is 26.0 Å². The van der Waals surface area contributed by atoms with Crippen molar-refractivity contribution in [1.82, 2.24) is 4.90 Å². The van der Waals surface area contributed by atoms with Crippen LogP contribution in [-0.4, -0.2) is 29.3 Å². The number of carbonyl (C=O) groups is 2. The lowest BCUT2D eigenvalue weighted by molar-refractivity contribution is 0.0647. The Morgan fingerprint density at radius 2 is 1.88 bits per heavy atom. The summed E-state index contributed by atoms with van der Waals surface area (Å²) >= 11 is 0.